The average Bonchev–Trinajstić information content (AvgIpc) is 2.28. The molecule has 0 fully saturated rings. The number of hydrogen-bond donors (Lipinski definition) is 1. The second-order valence-corrected chi connectivity index (χ2v) is 4.22. The van der Waals surface area contributed by atoms with Gasteiger partial charge in [-0.15, -0.1) is 0 Å². The van der Waals surface area contributed by atoms with Crippen molar-refractivity contribution < 1.29 is 14.3 Å². The van der Waals surface area contributed by atoms with Crippen LogP contribution in [-0.2, 0) is 0 Å². The Bertz CT molecular complexity index is 473. The molecular weight excluding hydrogens is 223 g/mol. The highest BCUT2D eigenvalue weighted by Gasteiger charge is 2.24. The predicted molar refractivity (Wildman–Crippen MR) is 60.7 cm³/mol. The summed E-state index contributed by atoms with van der Waals surface area (Å²) < 4.78 is 13.1. The number of hydrogen-bond acceptors (Lipinski definition) is 2. The van der Waals surface area contributed by atoms with Crippen LogP contribution in [0.4, 0.5) is 9.18 Å². The third-order valence-electron chi connectivity index (χ3n) is 2.73. The molecule has 1 amide bonds. The summed E-state index contributed by atoms with van der Waals surface area (Å²) in [6.45, 7) is 2.41. The second kappa shape index (κ2) is 4.53. The third kappa shape index (κ3) is 2.43. The molecule has 0 radical (unpaired) electrons. The van der Waals surface area contributed by atoms with Gasteiger partial charge in [0.2, 0.25) is 0 Å². The van der Waals surface area contributed by atoms with Gasteiger partial charge < -0.3 is 5.11 Å². The lowest BCUT2D eigenvalue weighted by atomic mass is 9.99. The summed E-state index contributed by atoms with van der Waals surface area (Å²) in [5, 5.41) is 9.13. The fourth-order valence-electron chi connectivity index (χ4n) is 1.91. The van der Waals surface area contributed by atoms with E-state index in [-0.39, 0.29) is 5.92 Å². The van der Waals surface area contributed by atoms with Crippen LogP contribution in [0.5, 0.6) is 0 Å². The fourth-order valence-corrected chi connectivity index (χ4v) is 1.91. The molecule has 0 spiro atoms. The Balaban J connectivity index is 2.38. The van der Waals surface area contributed by atoms with Gasteiger partial charge in [-0.1, -0.05) is 13.0 Å². The molecule has 0 bridgehead atoms. The molecule has 1 aliphatic heterocycles. The van der Waals surface area contributed by atoms with Crippen molar-refractivity contribution in [1.29, 1.82) is 0 Å². The van der Waals surface area contributed by atoms with E-state index in [1.807, 2.05) is 13.0 Å². The molecule has 1 atom stereocenters. The molecule has 0 aromatic carbocycles. The van der Waals surface area contributed by atoms with Gasteiger partial charge in [-0.25, -0.2) is 9.18 Å². The summed E-state index contributed by atoms with van der Waals surface area (Å²) in [6.07, 6.45) is 4.16. The number of carboxylic acid groups (broad SMARTS) is 1. The van der Waals surface area contributed by atoms with Crippen molar-refractivity contribution in [3.8, 4) is 0 Å². The Hall–Kier alpha value is -1.91. The van der Waals surface area contributed by atoms with E-state index in [1.165, 1.54) is 17.2 Å². The van der Waals surface area contributed by atoms with E-state index in [0.717, 1.165) is 12.6 Å². The van der Waals surface area contributed by atoms with Crippen LogP contribution < -0.4 is 0 Å². The molecule has 5 heteroatoms. The number of allylic oxidation sites excluding steroid dienone is 1. The molecule has 90 valence electrons. The molecule has 0 saturated heterocycles. The van der Waals surface area contributed by atoms with Crippen LogP contribution in [0.15, 0.2) is 24.5 Å². The van der Waals surface area contributed by atoms with E-state index in [1.54, 1.807) is 0 Å². The van der Waals surface area contributed by atoms with Crippen LogP contribution >= 0.6 is 0 Å². The largest absolute Gasteiger partial charge is 0.465 e. The number of halogens is 1. The van der Waals surface area contributed by atoms with Crippen LogP contribution in [0, 0.1) is 11.7 Å². The summed E-state index contributed by atoms with van der Waals surface area (Å²) in [6, 6.07) is 1.30. The van der Waals surface area contributed by atoms with Gasteiger partial charge in [-0.2, -0.15) is 0 Å². The Morgan fingerprint density at radius 1 is 1.59 bits per heavy atom. The molecule has 1 unspecified atom stereocenters. The molecule has 1 N–H and O–H groups in total. The van der Waals surface area contributed by atoms with Gasteiger partial charge in [0, 0.05) is 18.3 Å². The number of amides is 1. The van der Waals surface area contributed by atoms with Crippen LogP contribution in [-0.4, -0.2) is 27.6 Å². The molecule has 1 aromatic heterocycles. The molecule has 2 rings (SSSR count). The van der Waals surface area contributed by atoms with Crippen LogP contribution in [0.25, 0.3) is 5.70 Å². The van der Waals surface area contributed by atoms with Crippen LogP contribution in [0.3, 0.4) is 0 Å². The number of pyridine rings is 1. The molecule has 17 heavy (non-hydrogen) atoms. The van der Waals surface area contributed by atoms with Crippen molar-refractivity contribution in [3.05, 3.63) is 35.9 Å². The minimum atomic E-state index is -1.02. The topological polar surface area (TPSA) is 53.4 Å². The van der Waals surface area contributed by atoms with Gasteiger partial charge in [0.25, 0.3) is 0 Å². The third-order valence-corrected chi connectivity index (χ3v) is 2.73. The van der Waals surface area contributed by atoms with E-state index >= 15 is 0 Å². The molecule has 1 aliphatic rings. The second-order valence-electron chi connectivity index (χ2n) is 4.22. The predicted octanol–water partition coefficient (Wildman–Crippen LogP) is 2.58. The highest BCUT2D eigenvalue weighted by atomic mass is 19.1. The molecule has 4 nitrogen and oxygen atoms in total. The minimum absolute atomic E-state index is 0.274. The summed E-state index contributed by atoms with van der Waals surface area (Å²) in [7, 11) is 0. The summed E-state index contributed by atoms with van der Waals surface area (Å²) in [4.78, 5) is 16.1. The van der Waals surface area contributed by atoms with E-state index < -0.39 is 11.9 Å². The van der Waals surface area contributed by atoms with Gasteiger partial charge >= 0.3 is 6.09 Å². The lowest BCUT2D eigenvalue weighted by Gasteiger charge is -2.29. The summed E-state index contributed by atoms with van der Waals surface area (Å²) in [5.74, 6) is -0.191. The molecule has 0 aliphatic carbocycles. The van der Waals surface area contributed by atoms with Gasteiger partial charge in [-0.3, -0.25) is 9.88 Å². The summed E-state index contributed by atoms with van der Waals surface area (Å²) in [5.41, 5.74) is 1.02. The Labute approximate surface area is 98.4 Å². The van der Waals surface area contributed by atoms with Gasteiger partial charge in [0.1, 0.15) is 5.82 Å². The van der Waals surface area contributed by atoms with Crippen molar-refractivity contribution in [2.24, 2.45) is 5.92 Å². The lowest BCUT2D eigenvalue weighted by Crippen LogP contribution is -2.34. The highest BCUT2D eigenvalue weighted by Crippen LogP contribution is 2.27. The maximum Gasteiger partial charge on any atom is 0.411 e. The first-order valence-corrected chi connectivity index (χ1v) is 5.39. The fraction of sp³-hybridized carbons (Fsp3) is 0.333. The van der Waals surface area contributed by atoms with E-state index in [2.05, 4.69) is 4.98 Å². The van der Waals surface area contributed by atoms with Gasteiger partial charge in [0.05, 0.1) is 11.9 Å². The minimum Gasteiger partial charge on any atom is -0.465 e. The zero-order chi connectivity index (χ0) is 12.4. The van der Waals surface area contributed by atoms with E-state index in [4.69, 9.17) is 5.11 Å². The first kappa shape index (κ1) is 11.6. The van der Waals surface area contributed by atoms with Crippen molar-refractivity contribution in [2.75, 3.05) is 6.54 Å². The van der Waals surface area contributed by atoms with E-state index in [0.29, 0.717) is 17.8 Å². The van der Waals surface area contributed by atoms with Gasteiger partial charge in [-0.05, 0) is 18.4 Å². The Morgan fingerprint density at radius 2 is 2.35 bits per heavy atom. The highest BCUT2D eigenvalue weighted by molar-refractivity contribution is 5.81. The number of aromatic nitrogens is 1. The smallest absolute Gasteiger partial charge is 0.411 e. The van der Waals surface area contributed by atoms with Crippen molar-refractivity contribution in [3.63, 3.8) is 0 Å². The number of nitrogens with zero attached hydrogens (tertiary/aromatic N) is 2. The maximum atomic E-state index is 13.1. The monoisotopic (exact) mass is 236 g/mol. The number of carbonyl (C=O) groups is 1. The van der Waals surface area contributed by atoms with Crippen LogP contribution in [0.1, 0.15) is 18.9 Å². The lowest BCUT2D eigenvalue weighted by molar-refractivity contribution is 0.159. The Kier molecular flexibility index (Phi) is 3.08. The van der Waals surface area contributed by atoms with Crippen molar-refractivity contribution >= 4 is 11.8 Å². The zero-order valence-electron chi connectivity index (χ0n) is 9.43. The molecule has 0 saturated carbocycles. The molecular formula is C12H13FN2O2. The Morgan fingerprint density at radius 3 is 3.00 bits per heavy atom. The average molecular weight is 236 g/mol. The first-order chi connectivity index (χ1) is 8.08. The van der Waals surface area contributed by atoms with Gasteiger partial charge in [0.15, 0.2) is 0 Å². The molecule has 1 aromatic rings. The van der Waals surface area contributed by atoms with Crippen molar-refractivity contribution in [2.45, 2.75) is 13.3 Å². The maximum absolute atomic E-state index is 13.1. The quantitative estimate of drug-likeness (QED) is 0.815. The molecule has 2 heterocycles. The zero-order valence-corrected chi connectivity index (χ0v) is 9.43. The van der Waals surface area contributed by atoms with Crippen LogP contribution in [0.2, 0.25) is 0 Å². The number of rotatable bonds is 1. The van der Waals surface area contributed by atoms with Crippen molar-refractivity contribution in [1.82, 2.24) is 9.88 Å². The first-order valence-electron chi connectivity index (χ1n) is 5.39. The standard InChI is InChI=1S/C12H13FN2O2/c1-8-2-3-11(15(7-8)12(16)17)9-4-10(13)6-14-5-9/h3-6,8H,2,7H2,1H3,(H,16,17). The van der Waals surface area contributed by atoms with E-state index in [9.17, 15) is 9.18 Å². The normalized spacial score (nSPS) is 20.0. The SMILES string of the molecule is CC1CC=C(c2cncc(F)c2)N(C(=O)O)C1. The summed E-state index contributed by atoms with van der Waals surface area (Å²) >= 11 is 0.